The molecule has 3 rings (SSSR count). The molecule has 1 saturated carbocycles. The van der Waals surface area contributed by atoms with E-state index in [1.165, 1.54) is 6.42 Å². The normalized spacial score (nSPS) is 18.7. The molecule has 3 amide bonds. The first-order chi connectivity index (χ1) is 12.1. The van der Waals surface area contributed by atoms with Crippen LogP contribution in [0.1, 0.15) is 57.3 Å². The van der Waals surface area contributed by atoms with Gasteiger partial charge in [-0.1, -0.05) is 13.3 Å². The molecule has 1 atom stereocenters. The predicted octanol–water partition coefficient (Wildman–Crippen LogP) is 2.01. The van der Waals surface area contributed by atoms with Crippen molar-refractivity contribution in [3.8, 4) is 0 Å². The highest BCUT2D eigenvalue weighted by Crippen LogP contribution is 2.29. The molecule has 2 N–H and O–H groups in total. The summed E-state index contributed by atoms with van der Waals surface area (Å²) in [5, 5.41) is 10.3. The number of fused-ring (bicyclic) bond motifs is 1. The van der Waals surface area contributed by atoms with Crippen LogP contribution in [0, 0.1) is 5.92 Å². The zero-order chi connectivity index (χ0) is 17.8. The Morgan fingerprint density at radius 3 is 2.80 bits per heavy atom. The number of carbonyl (C=O) groups is 2. The van der Waals surface area contributed by atoms with E-state index in [1.807, 2.05) is 29.5 Å². The number of urea groups is 1. The highest BCUT2D eigenvalue weighted by molar-refractivity contribution is 5.79. The molecule has 1 aromatic rings. The van der Waals surface area contributed by atoms with Crippen LogP contribution in [0.3, 0.4) is 0 Å². The number of hydrogen-bond donors (Lipinski definition) is 2. The lowest BCUT2D eigenvalue weighted by molar-refractivity contribution is -0.138. The Morgan fingerprint density at radius 2 is 2.12 bits per heavy atom. The van der Waals surface area contributed by atoms with Crippen LogP contribution in [-0.2, 0) is 24.4 Å². The molecule has 1 unspecified atom stereocenters. The average Bonchev–Trinajstić information content (AvgIpc) is 2.81. The molecule has 0 radical (unpaired) electrons. The van der Waals surface area contributed by atoms with Crippen molar-refractivity contribution in [1.29, 1.82) is 0 Å². The van der Waals surface area contributed by atoms with Gasteiger partial charge in [-0.25, -0.2) is 4.79 Å². The van der Waals surface area contributed by atoms with Crippen LogP contribution in [0.25, 0.3) is 0 Å². The van der Waals surface area contributed by atoms with E-state index in [2.05, 4.69) is 15.7 Å². The minimum atomic E-state index is -0.167. The third-order valence-corrected chi connectivity index (χ3v) is 5.25. The minimum absolute atomic E-state index is 0.157. The lowest BCUT2D eigenvalue weighted by Gasteiger charge is -2.30. The summed E-state index contributed by atoms with van der Waals surface area (Å²) in [5.41, 5.74) is 1.90. The fraction of sp³-hybridized carbons (Fsp3) is 0.722. The van der Waals surface area contributed by atoms with Crippen LogP contribution >= 0.6 is 0 Å². The van der Waals surface area contributed by atoms with Gasteiger partial charge in [-0.05, 0) is 38.7 Å². The maximum atomic E-state index is 12.5. The lowest BCUT2D eigenvalue weighted by atomic mass is 9.84. The van der Waals surface area contributed by atoms with Gasteiger partial charge in [-0.15, -0.1) is 0 Å². The number of rotatable bonds is 5. The smallest absolute Gasteiger partial charge is 0.315 e. The third-order valence-electron chi connectivity index (χ3n) is 5.25. The van der Waals surface area contributed by atoms with Gasteiger partial charge in [0.15, 0.2) is 0 Å². The Morgan fingerprint density at radius 1 is 1.32 bits per heavy atom. The predicted molar refractivity (Wildman–Crippen MR) is 94.7 cm³/mol. The van der Waals surface area contributed by atoms with Crippen LogP contribution in [0.15, 0.2) is 6.07 Å². The van der Waals surface area contributed by atoms with Gasteiger partial charge in [0.05, 0.1) is 24.5 Å². The third kappa shape index (κ3) is 4.32. The zero-order valence-electron chi connectivity index (χ0n) is 15.3. The van der Waals surface area contributed by atoms with Gasteiger partial charge in [-0.3, -0.25) is 9.48 Å². The monoisotopic (exact) mass is 347 g/mol. The summed E-state index contributed by atoms with van der Waals surface area (Å²) in [6.45, 7) is 6.67. The molecule has 2 heterocycles. The first-order valence-corrected chi connectivity index (χ1v) is 9.45. The quantitative estimate of drug-likeness (QED) is 0.855. The van der Waals surface area contributed by atoms with Gasteiger partial charge in [0.1, 0.15) is 0 Å². The topological polar surface area (TPSA) is 79.3 Å². The minimum Gasteiger partial charge on any atom is -0.337 e. The standard InChI is InChI=1S/C18H29N5O2/c1-3-13(2)20-18(25)19-11-15-10-16-12-22(8-5-9-23(16)21-15)17(24)14-6-4-7-14/h10,13-14H,3-9,11-12H2,1-2H3,(H2,19,20,25). The Balaban J connectivity index is 1.57. The first kappa shape index (κ1) is 17.8. The maximum Gasteiger partial charge on any atom is 0.315 e. The van der Waals surface area contributed by atoms with Crippen molar-refractivity contribution >= 4 is 11.9 Å². The van der Waals surface area contributed by atoms with Gasteiger partial charge >= 0.3 is 6.03 Å². The van der Waals surface area contributed by atoms with Crippen molar-refractivity contribution in [2.24, 2.45) is 5.92 Å². The van der Waals surface area contributed by atoms with Crippen molar-refractivity contribution in [3.63, 3.8) is 0 Å². The van der Waals surface area contributed by atoms with E-state index in [-0.39, 0.29) is 18.0 Å². The molecule has 1 aliphatic carbocycles. The van der Waals surface area contributed by atoms with Crippen molar-refractivity contribution in [3.05, 3.63) is 17.5 Å². The Labute approximate surface area is 149 Å². The molecule has 0 saturated heterocycles. The Bertz CT molecular complexity index is 623. The fourth-order valence-corrected chi connectivity index (χ4v) is 3.26. The van der Waals surface area contributed by atoms with Crippen LogP contribution in [0.4, 0.5) is 4.79 Å². The SMILES string of the molecule is CCC(C)NC(=O)NCc1cc2n(n1)CCCN(C(=O)C1CCC1)C2. The van der Waals surface area contributed by atoms with Crippen molar-refractivity contribution in [2.45, 2.75) is 71.6 Å². The summed E-state index contributed by atoms with van der Waals surface area (Å²) in [5.74, 6) is 0.536. The molecule has 0 bridgehead atoms. The molecule has 2 aliphatic rings. The molecule has 0 spiro atoms. The van der Waals surface area contributed by atoms with Gasteiger partial charge < -0.3 is 15.5 Å². The van der Waals surface area contributed by atoms with E-state index in [1.54, 1.807) is 0 Å². The maximum absolute atomic E-state index is 12.5. The Hall–Kier alpha value is -2.05. The second-order valence-corrected chi connectivity index (χ2v) is 7.23. The van der Waals surface area contributed by atoms with E-state index in [4.69, 9.17) is 0 Å². The van der Waals surface area contributed by atoms with E-state index in [0.717, 1.165) is 50.2 Å². The van der Waals surface area contributed by atoms with Crippen molar-refractivity contribution < 1.29 is 9.59 Å². The van der Waals surface area contributed by atoms with Crippen LogP contribution < -0.4 is 10.6 Å². The number of aromatic nitrogens is 2. The van der Waals surface area contributed by atoms with Gasteiger partial charge in [-0.2, -0.15) is 5.10 Å². The second-order valence-electron chi connectivity index (χ2n) is 7.23. The number of nitrogens with zero attached hydrogens (tertiary/aromatic N) is 3. The summed E-state index contributed by atoms with van der Waals surface area (Å²) in [7, 11) is 0. The summed E-state index contributed by atoms with van der Waals surface area (Å²) >= 11 is 0. The molecular weight excluding hydrogens is 318 g/mol. The van der Waals surface area contributed by atoms with Crippen LogP contribution in [0.5, 0.6) is 0 Å². The number of carbonyl (C=O) groups excluding carboxylic acids is 2. The number of aryl methyl sites for hydroxylation is 1. The fourth-order valence-electron chi connectivity index (χ4n) is 3.26. The zero-order valence-corrected chi connectivity index (χ0v) is 15.3. The summed E-state index contributed by atoms with van der Waals surface area (Å²) in [4.78, 5) is 26.3. The molecule has 0 aromatic carbocycles. The lowest BCUT2D eigenvalue weighted by Crippen LogP contribution is -2.40. The summed E-state index contributed by atoms with van der Waals surface area (Å²) < 4.78 is 1.98. The number of hydrogen-bond acceptors (Lipinski definition) is 3. The van der Waals surface area contributed by atoms with E-state index < -0.39 is 0 Å². The number of amides is 3. The average molecular weight is 347 g/mol. The highest BCUT2D eigenvalue weighted by atomic mass is 16.2. The molecule has 25 heavy (non-hydrogen) atoms. The highest BCUT2D eigenvalue weighted by Gasteiger charge is 2.30. The van der Waals surface area contributed by atoms with Crippen molar-refractivity contribution in [1.82, 2.24) is 25.3 Å². The first-order valence-electron chi connectivity index (χ1n) is 9.45. The molecule has 1 fully saturated rings. The molecular formula is C18H29N5O2. The van der Waals surface area contributed by atoms with Crippen LogP contribution in [-0.4, -0.2) is 39.2 Å². The van der Waals surface area contributed by atoms with Gasteiger partial charge in [0.25, 0.3) is 0 Å². The largest absolute Gasteiger partial charge is 0.337 e. The summed E-state index contributed by atoms with van der Waals surface area (Å²) in [6, 6.07) is 2.00. The van der Waals surface area contributed by atoms with E-state index >= 15 is 0 Å². The van der Waals surface area contributed by atoms with Crippen LogP contribution in [0.2, 0.25) is 0 Å². The van der Waals surface area contributed by atoms with Crippen molar-refractivity contribution in [2.75, 3.05) is 6.54 Å². The molecule has 1 aromatic heterocycles. The molecule has 138 valence electrons. The van der Waals surface area contributed by atoms with E-state index in [0.29, 0.717) is 19.0 Å². The number of nitrogens with one attached hydrogen (secondary N) is 2. The molecule has 7 heteroatoms. The molecule has 1 aliphatic heterocycles. The van der Waals surface area contributed by atoms with Gasteiger partial charge in [0.2, 0.25) is 5.91 Å². The second kappa shape index (κ2) is 7.89. The molecule has 7 nitrogen and oxygen atoms in total. The van der Waals surface area contributed by atoms with Gasteiger partial charge in [0, 0.05) is 25.0 Å². The summed E-state index contributed by atoms with van der Waals surface area (Å²) in [6.07, 6.45) is 5.08. The Kier molecular flexibility index (Phi) is 5.60. The van der Waals surface area contributed by atoms with E-state index in [9.17, 15) is 9.59 Å².